The highest BCUT2D eigenvalue weighted by molar-refractivity contribution is 5.17. The molecule has 1 aliphatic heterocycles. The molecule has 0 aromatic carbocycles. The van der Waals surface area contributed by atoms with E-state index in [1.807, 2.05) is 4.68 Å². The highest BCUT2D eigenvalue weighted by Crippen LogP contribution is 2.26. The molecular formula is C12H22N4O2. The van der Waals surface area contributed by atoms with Crippen molar-refractivity contribution in [3.8, 4) is 0 Å². The number of nitrogens with one attached hydrogen (secondary N) is 1. The molecule has 2 atom stereocenters. The molecule has 1 N–H and O–H groups in total. The van der Waals surface area contributed by atoms with Crippen molar-refractivity contribution in [2.75, 3.05) is 27.3 Å². The molecule has 2 unspecified atom stereocenters. The van der Waals surface area contributed by atoms with Crippen molar-refractivity contribution >= 4 is 0 Å². The van der Waals surface area contributed by atoms with E-state index in [2.05, 4.69) is 29.5 Å². The van der Waals surface area contributed by atoms with Gasteiger partial charge in [-0.25, -0.2) is 4.68 Å². The smallest absolute Gasteiger partial charge is 0.130 e. The lowest BCUT2D eigenvalue weighted by atomic mass is 10.0. The quantitative estimate of drug-likeness (QED) is 0.860. The molecule has 0 spiro atoms. The van der Waals surface area contributed by atoms with E-state index < -0.39 is 0 Å². The maximum atomic E-state index is 5.57. The Morgan fingerprint density at radius 3 is 2.72 bits per heavy atom. The molecule has 102 valence electrons. The van der Waals surface area contributed by atoms with Crippen molar-refractivity contribution in [2.45, 2.75) is 38.5 Å². The molecule has 0 bridgehead atoms. The first-order valence-electron chi connectivity index (χ1n) is 6.39. The minimum Gasteiger partial charge on any atom is -0.377 e. The number of hydrogen-bond donors (Lipinski definition) is 1. The van der Waals surface area contributed by atoms with Crippen LogP contribution >= 0.6 is 0 Å². The van der Waals surface area contributed by atoms with Gasteiger partial charge in [0.2, 0.25) is 0 Å². The fourth-order valence-corrected chi connectivity index (χ4v) is 2.41. The van der Waals surface area contributed by atoms with Crippen LogP contribution in [-0.2, 0) is 15.9 Å². The number of fused-ring (bicyclic) bond motifs is 1. The summed E-state index contributed by atoms with van der Waals surface area (Å²) in [5.41, 5.74) is 2.06. The first-order valence-corrected chi connectivity index (χ1v) is 6.39. The van der Waals surface area contributed by atoms with Crippen LogP contribution in [0.2, 0.25) is 0 Å². The van der Waals surface area contributed by atoms with Crippen LogP contribution in [0.25, 0.3) is 0 Å². The second kappa shape index (κ2) is 5.77. The fourth-order valence-electron chi connectivity index (χ4n) is 2.41. The predicted octanol–water partition coefficient (Wildman–Crippen LogP) is 0.707. The topological polar surface area (TPSA) is 61.2 Å². The molecule has 0 amide bonds. The van der Waals surface area contributed by atoms with Gasteiger partial charge >= 0.3 is 0 Å². The number of aromatic nitrogens is 3. The van der Waals surface area contributed by atoms with Gasteiger partial charge < -0.3 is 14.8 Å². The van der Waals surface area contributed by atoms with Crippen molar-refractivity contribution in [2.24, 2.45) is 0 Å². The Labute approximate surface area is 108 Å². The SMILES string of the molecule is COC1CNCCc2c(nnn2C(C)C)C1OC. The monoisotopic (exact) mass is 254 g/mol. The number of nitrogens with zero attached hydrogens (tertiary/aromatic N) is 3. The summed E-state index contributed by atoms with van der Waals surface area (Å²) in [4.78, 5) is 0. The Bertz CT molecular complexity index is 391. The Morgan fingerprint density at radius 2 is 2.11 bits per heavy atom. The summed E-state index contributed by atoms with van der Waals surface area (Å²) >= 11 is 0. The third kappa shape index (κ3) is 2.41. The van der Waals surface area contributed by atoms with Crippen LogP contribution in [0.15, 0.2) is 0 Å². The Morgan fingerprint density at radius 1 is 1.33 bits per heavy atom. The summed E-state index contributed by atoms with van der Waals surface area (Å²) in [7, 11) is 3.39. The summed E-state index contributed by atoms with van der Waals surface area (Å²) in [6, 6.07) is 0.305. The molecule has 1 aliphatic rings. The van der Waals surface area contributed by atoms with Gasteiger partial charge in [-0.2, -0.15) is 0 Å². The molecule has 0 saturated carbocycles. The summed E-state index contributed by atoms with van der Waals surface area (Å²) in [6.07, 6.45) is 0.716. The van der Waals surface area contributed by atoms with Gasteiger partial charge in [-0.05, 0) is 13.8 Å². The van der Waals surface area contributed by atoms with Crippen LogP contribution in [0.3, 0.4) is 0 Å². The van der Waals surface area contributed by atoms with Crippen LogP contribution < -0.4 is 5.32 Å². The summed E-state index contributed by atoms with van der Waals surface area (Å²) in [6.45, 7) is 5.89. The molecule has 18 heavy (non-hydrogen) atoms. The van der Waals surface area contributed by atoms with E-state index in [0.29, 0.717) is 6.04 Å². The van der Waals surface area contributed by atoms with E-state index in [1.54, 1.807) is 14.2 Å². The van der Waals surface area contributed by atoms with E-state index in [-0.39, 0.29) is 12.2 Å². The lowest BCUT2D eigenvalue weighted by Crippen LogP contribution is -2.38. The second-order valence-corrected chi connectivity index (χ2v) is 4.84. The Kier molecular flexibility index (Phi) is 4.31. The lowest BCUT2D eigenvalue weighted by Gasteiger charge is -2.27. The lowest BCUT2D eigenvalue weighted by molar-refractivity contribution is -0.0401. The van der Waals surface area contributed by atoms with E-state index >= 15 is 0 Å². The van der Waals surface area contributed by atoms with Gasteiger partial charge in [-0.1, -0.05) is 5.21 Å². The first-order chi connectivity index (χ1) is 8.69. The van der Waals surface area contributed by atoms with Crippen molar-refractivity contribution in [3.05, 3.63) is 11.4 Å². The van der Waals surface area contributed by atoms with E-state index in [0.717, 1.165) is 30.9 Å². The zero-order valence-corrected chi connectivity index (χ0v) is 11.5. The van der Waals surface area contributed by atoms with Crippen LogP contribution in [0, 0.1) is 0 Å². The van der Waals surface area contributed by atoms with Crippen molar-refractivity contribution < 1.29 is 9.47 Å². The third-order valence-corrected chi connectivity index (χ3v) is 3.36. The molecular weight excluding hydrogens is 232 g/mol. The minimum atomic E-state index is -0.162. The largest absolute Gasteiger partial charge is 0.377 e. The Balaban J connectivity index is 2.40. The summed E-state index contributed by atoms with van der Waals surface area (Å²) in [5, 5.41) is 11.9. The zero-order valence-electron chi connectivity index (χ0n) is 11.5. The number of hydrogen-bond acceptors (Lipinski definition) is 5. The van der Waals surface area contributed by atoms with Gasteiger partial charge in [0, 0.05) is 39.8 Å². The van der Waals surface area contributed by atoms with E-state index in [4.69, 9.17) is 9.47 Å². The van der Waals surface area contributed by atoms with Crippen LogP contribution in [-0.4, -0.2) is 48.4 Å². The maximum absolute atomic E-state index is 5.57. The van der Waals surface area contributed by atoms with Crippen LogP contribution in [0.4, 0.5) is 0 Å². The van der Waals surface area contributed by atoms with Gasteiger partial charge in [0.05, 0.1) is 5.69 Å². The van der Waals surface area contributed by atoms with Crippen molar-refractivity contribution in [1.29, 1.82) is 0 Å². The van der Waals surface area contributed by atoms with Crippen LogP contribution in [0.1, 0.15) is 37.4 Å². The second-order valence-electron chi connectivity index (χ2n) is 4.84. The van der Waals surface area contributed by atoms with Gasteiger partial charge in [0.15, 0.2) is 0 Å². The molecule has 0 fully saturated rings. The zero-order chi connectivity index (χ0) is 13.1. The van der Waals surface area contributed by atoms with Gasteiger partial charge in [-0.15, -0.1) is 5.10 Å². The van der Waals surface area contributed by atoms with Gasteiger partial charge in [0.1, 0.15) is 17.9 Å². The van der Waals surface area contributed by atoms with E-state index in [1.165, 1.54) is 0 Å². The molecule has 0 radical (unpaired) electrons. The molecule has 2 heterocycles. The maximum Gasteiger partial charge on any atom is 0.130 e. The molecule has 0 aliphatic carbocycles. The first kappa shape index (κ1) is 13.5. The molecule has 1 aromatic rings. The highest BCUT2D eigenvalue weighted by Gasteiger charge is 2.31. The fraction of sp³-hybridized carbons (Fsp3) is 0.833. The summed E-state index contributed by atoms with van der Waals surface area (Å²) < 4.78 is 13.0. The molecule has 6 heteroatoms. The molecule has 6 nitrogen and oxygen atoms in total. The molecule has 0 saturated heterocycles. The van der Waals surface area contributed by atoms with Gasteiger partial charge in [-0.3, -0.25) is 0 Å². The van der Waals surface area contributed by atoms with Crippen molar-refractivity contribution in [1.82, 2.24) is 20.3 Å². The number of methoxy groups -OCH3 is 2. The standard InChI is InChI=1S/C12H22N4O2/c1-8(2)16-9-5-6-13-7-10(17-3)12(18-4)11(9)14-15-16/h8,10,12-13H,5-7H2,1-4H3. The summed E-state index contributed by atoms with van der Waals surface area (Å²) in [5.74, 6) is 0. The van der Waals surface area contributed by atoms with Gasteiger partial charge in [0.25, 0.3) is 0 Å². The average molecular weight is 254 g/mol. The third-order valence-electron chi connectivity index (χ3n) is 3.36. The normalized spacial score (nSPS) is 24.7. The predicted molar refractivity (Wildman–Crippen MR) is 67.5 cm³/mol. The van der Waals surface area contributed by atoms with Crippen molar-refractivity contribution in [3.63, 3.8) is 0 Å². The molecule has 1 aromatic heterocycles. The number of ether oxygens (including phenoxy) is 2. The minimum absolute atomic E-state index is 0.0358. The van der Waals surface area contributed by atoms with E-state index in [9.17, 15) is 0 Å². The molecule has 2 rings (SSSR count). The number of rotatable bonds is 3. The van der Waals surface area contributed by atoms with Crippen LogP contribution in [0.5, 0.6) is 0 Å². The highest BCUT2D eigenvalue weighted by atomic mass is 16.5. The Hall–Kier alpha value is -0.980. The average Bonchev–Trinajstić information content (AvgIpc) is 2.73.